The van der Waals surface area contributed by atoms with E-state index in [4.69, 9.17) is 0 Å². The third-order valence-corrected chi connectivity index (χ3v) is 3.47. The van der Waals surface area contributed by atoms with Crippen molar-refractivity contribution in [3.8, 4) is 0 Å². The van der Waals surface area contributed by atoms with Gasteiger partial charge in [0.1, 0.15) is 0 Å². The Balaban J connectivity index is 1.87. The first-order chi connectivity index (χ1) is 4.87. The van der Waals surface area contributed by atoms with Gasteiger partial charge in [-0.1, -0.05) is 13.3 Å². The third kappa shape index (κ3) is 0.731. The molecule has 1 spiro atoms. The molecule has 58 valence electrons. The zero-order chi connectivity index (χ0) is 7.03. The molecule has 0 aromatic rings. The van der Waals surface area contributed by atoms with Crippen LogP contribution in [0.25, 0.3) is 0 Å². The second-order valence-corrected chi connectivity index (χ2v) is 3.86. The summed E-state index contributed by atoms with van der Waals surface area (Å²) in [6.45, 7) is 3.37. The van der Waals surface area contributed by atoms with Gasteiger partial charge >= 0.3 is 0 Å². The second-order valence-electron chi connectivity index (χ2n) is 3.86. The van der Waals surface area contributed by atoms with E-state index < -0.39 is 0 Å². The summed E-state index contributed by atoms with van der Waals surface area (Å²) < 4.78 is 0. The predicted molar refractivity (Wildman–Crippen MR) is 43.0 cm³/mol. The Morgan fingerprint density at radius 2 is 2.20 bits per heavy atom. The Morgan fingerprint density at radius 1 is 1.40 bits per heavy atom. The van der Waals surface area contributed by atoms with Crippen molar-refractivity contribution in [2.24, 2.45) is 5.41 Å². The molecule has 10 heavy (non-hydrogen) atoms. The van der Waals surface area contributed by atoms with Crippen molar-refractivity contribution < 1.29 is 0 Å². The summed E-state index contributed by atoms with van der Waals surface area (Å²) >= 11 is 0. The topological polar surface area (TPSA) is 12.0 Å². The van der Waals surface area contributed by atoms with E-state index in [-0.39, 0.29) is 0 Å². The van der Waals surface area contributed by atoms with Crippen LogP contribution in [0.1, 0.15) is 39.0 Å². The van der Waals surface area contributed by atoms with E-state index in [0.29, 0.717) is 0 Å². The largest absolute Gasteiger partial charge is 0.314 e. The van der Waals surface area contributed by atoms with Gasteiger partial charge in [-0.25, -0.2) is 0 Å². The third-order valence-electron chi connectivity index (χ3n) is 3.47. The van der Waals surface area contributed by atoms with Gasteiger partial charge in [0.25, 0.3) is 0 Å². The minimum absolute atomic E-state index is 0.802. The van der Waals surface area contributed by atoms with Crippen LogP contribution in [-0.2, 0) is 0 Å². The summed E-state index contributed by atoms with van der Waals surface area (Å²) in [7, 11) is 0. The average Bonchev–Trinajstić information content (AvgIpc) is 1.77. The molecule has 2 saturated carbocycles. The summed E-state index contributed by atoms with van der Waals surface area (Å²) in [5.41, 5.74) is 0.802. The fourth-order valence-electron chi connectivity index (χ4n) is 2.49. The van der Waals surface area contributed by atoms with Crippen LogP contribution in [0, 0.1) is 5.41 Å². The number of hydrogen-bond donors (Lipinski definition) is 1. The molecule has 2 rings (SSSR count). The van der Waals surface area contributed by atoms with Crippen LogP contribution >= 0.6 is 0 Å². The van der Waals surface area contributed by atoms with Crippen LogP contribution < -0.4 is 5.32 Å². The summed E-state index contributed by atoms with van der Waals surface area (Å²) in [4.78, 5) is 0. The number of hydrogen-bond acceptors (Lipinski definition) is 1. The van der Waals surface area contributed by atoms with Crippen molar-refractivity contribution in [1.29, 1.82) is 0 Å². The van der Waals surface area contributed by atoms with Crippen molar-refractivity contribution in [3.63, 3.8) is 0 Å². The van der Waals surface area contributed by atoms with Crippen LogP contribution in [0.3, 0.4) is 0 Å². The van der Waals surface area contributed by atoms with Gasteiger partial charge in [0.2, 0.25) is 0 Å². The van der Waals surface area contributed by atoms with Crippen LogP contribution in [-0.4, -0.2) is 12.6 Å². The maximum Gasteiger partial charge on any atom is 0.0124 e. The first-order valence-corrected chi connectivity index (χ1v) is 4.61. The van der Waals surface area contributed by atoms with E-state index in [1.165, 1.54) is 32.1 Å². The summed E-state index contributed by atoms with van der Waals surface area (Å²) in [6, 6.07) is 0.895. The quantitative estimate of drug-likeness (QED) is 0.616. The predicted octanol–water partition coefficient (Wildman–Crippen LogP) is 1.93. The average molecular weight is 139 g/mol. The van der Waals surface area contributed by atoms with Gasteiger partial charge < -0.3 is 5.32 Å². The van der Waals surface area contributed by atoms with E-state index >= 15 is 0 Å². The zero-order valence-electron chi connectivity index (χ0n) is 6.82. The molecule has 1 nitrogen and oxygen atoms in total. The Kier molecular flexibility index (Phi) is 1.48. The minimum Gasteiger partial charge on any atom is -0.314 e. The minimum atomic E-state index is 0.802. The zero-order valence-corrected chi connectivity index (χ0v) is 6.82. The fourth-order valence-corrected chi connectivity index (χ4v) is 2.49. The lowest BCUT2D eigenvalue weighted by Crippen LogP contribution is -2.56. The first kappa shape index (κ1) is 6.66. The highest BCUT2D eigenvalue weighted by Gasteiger charge is 2.49. The lowest BCUT2D eigenvalue weighted by Gasteiger charge is -2.56. The van der Waals surface area contributed by atoms with Crippen molar-refractivity contribution >= 4 is 0 Å². The van der Waals surface area contributed by atoms with Gasteiger partial charge in [0.15, 0.2) is 0 Å². The fraction of sp³-hybridized carbons (Fsp3) is 1.00. The van der Waals surface area contributed by atoms with E-state index in [1.54, 1.807) is 0 Å². The molecule has 0 aliphatic heterocycles. The molecule has 2 fully saturated rings. The lowest BCUT2D eigenvalue weighted by molar-refractivity contribution is -0.0163. The molecular formula is C9H17N. The van der Waals surface area contributed by atoms with E-state index in [0.717, 1.165) is 18.0 Å². The molecule has 0 radical (unpaired) electrons. The van der Waals surface area contributed by atoms with Crippen LogP contribution in [0.2, 0.25) is 0 Å². The molecule has 1 N–H and O–H groups in total. The van der Waals surface area contributed by atoms with Gasteiger partial charge in [-0.3, -0.25) is 0 Å². The molecule has 0 amide bonds. The summed E-state index contributed by atoms with van der Waals surface area (Å²) in [5, 5.41) is 3.57. The van der Waals surface area contributed by atoms with Crippen LogP contribution in [0.15, 0.2) is 0 Å². The van der Waals surface area contributed by atoms with Crippen LogP contribution in [0.4, 0.5) is 0 Å². The van der Waals surface area contributed by atoms with Gasteiger partial charge in [0, 0.05) is 6.04 Å². The van der Waals surface area contributed by atoms with Crippen molar-refractivity contribution in [3.05, 3.63) is 0 Å². The highest BCUT2D eigenvalue weighted by Crippen LogP contribution is 2.55. The van der Waals surface area contributed by atoms with E-state index in [9.17, 15) is 0 Å². The summed E-state index contributed by atoms with van der Waals surface area (Å²) in [6.07, 6.45) is 7.44. The molecular weight excluding hydrogens is 122 g/mol. The maximum absolute atomic E-state index is 3.57. The van der Waals surface area contributed by atoms with Crippen LogP contribution in [0.5, 0.6) is 0 Å². The smallest absolute Gasteiger partial charge is 0.0124 e. The molecule has 1 unspecified atom stereocenters. The summed E-state index contributed by atoms with van der Waals surface area (Å²) in [5.74, 6) is 0. The maximum atomic E-state index is 3.57. The van der Waals surface area contributed by atoms with Gasteiger partial charge in [-0.15, -0.1) is 0 Å². The molecule has 0 aromatic carbocycles. The Hall–Kier alpha value is -0.0400. The molecule has 1 atom stereocenters. The highest BCUT2D eigenvalue weighted by atomic mass is 15.0. The normalized spacial score (nSPS) is 35.1. The van der Waals surface area contributed by atoms with Crippen molar-refractivity contribution in [2.75, 3.05) is 6.54 Å². The first-order valence-electron chi connectivity index (χ1n) is 4.61. The molecule has 0 bridgehead atoms. The monoisotopic (exact) mass is 139 g/mol. The van der Waals surface area contributed by atoms with Gasteiger partial charge in [-0.2, -0.15) is 0 Å². The molecule has 2 aliphatic carbocycles. The molecule has 2 aliphatic rings. The Bertz CT molecular complexity index is 121. The highest BCUT2D eigenvalue weighted by molar-refractivity contribution is 5.04. The SMILES string of the molecule is CCNC1CCC12CCC2. The Morgan fingerprint density at radius 3 is 2.50 bits per heavy atom. The number of rotatable bonds is 2. The van der Waals surface area contributed by atoms with E-state index in [1.807, 2.05) is 0 Å². The van der Waals surface area contributed by atoms with Crippen molar-refractivity contribution in [1.82, 2.24) is 5.32 Å². The standard InChI is InChI=1S/C9H17N/c1-2-10-8-4-7-9(8)5-3-6-9/h8,10H,2-7H2,1H3. The molecule has 0 heterocycles. The van der Waals surface area contributed by atoms with Crippen molar-refractivity contribution in [2.45, 2.75) is 45.1 Å². The molecule has 0 aromatic heterocycles. The molecule has 0 saturated heterocycles. The van der Waals surface area contributed by atoms with Gasteiger partial charge in [0.05, 0.1) is 0 Å². The van der Waals surface area contributed by atoms with E-state index in [2.05, 4.69) is 12.2 Å². The molecule has 1 heteroatoms. The second kappa shape index (κ2) is 2.23. The number of nitrogens with one attached hydrogen (secondary N) is 1. The lowest BCUT2D eigenvalue weighted by atomic mass is 9.53. The Labute approximate surface area is 63.2 Å². The van der Waals surface area contributed by atoms with Gasteiger partial charge in [-0.05, 0) is 37.6 Å².